The summed E-state index contributed by atoms with van der Waals surface area (Å²) < 4.78 is 0.977. The first-order chi connectivity index (χ1) is 8.18. The van der Waals surface area contributed by atoms with Gasteiger partial charge in [0.15, 0.2) is 0 Å². The molecule has 0 aliphatic heterocycles. The summed E-state index contributed by atoms with van der Waals surface area (Å²) in [7, 11) is 0. The van der Waals surface area contributed by atoms with Crippen LogP contribution < -0.4 is 11.5 Å². The van der Waals surface area contributed by atoms with Gasteiger partial charge in [-0.25, -0.2) is 0 Å². The van der Waals surface area contributed by atoms with E-state index >= 15 is 0 Å². The largest absolute Gasteiger partial charge is 0.369 e. The molecule has 0 spiro atoms. The lowest BCUT2D eigenvalue weighted by Crippen LogP contribution is -2.21. The first-order valence-corrected chi connectivity index (χ1v) is 5.77. The van der Waals surface area contributed by atoms with E-state index in [0.717, 1.165) is 15.4 Å². The number of hydrogen-bond donors (Lipinski definition) is 2. The second-order valence-corrected chi connectivity index (χ2v) is 4.25. The van der Waals surface area contributed by atoms with E-state index < -0.39 is 0 Å². The zero-order valence-electron chi connectivity index (χ0n) is 8.97. The number of hydrogen-bond acceptors (Lipinski definition) is 2. The SMILES string of the molecule is NC(N)=NN=Cc1ccc2ccccc2c1Br. The quantitative estimate of drug-likeness (QED) is 0.505. The summed E-state index contributed by atoms with van der Waals surface area (Å²) in [6, 6.07) is 12.1. The lowest BCUT2D eigenvalue weighted by molar-refractivity contribution is 1.21. The van der Waals surface area contributed by atoms with E-state index in [1.54, 1.807) is 6.21 Å². The van der Waals surface area contributed by atoms with Gasteiger partial charge in [-0.3, -0.25) is 0 Å². The number of rotatable bonds is 2. The second-order valence-electron chi connectivity index (χ2n) is 3.46. The molecule has 0 amide bonds. The van der Waals surface area contributed by atoms with Crippen LogP contribution in [0.4, 0.5) is 0 Å². The Bertz CT molecular complexity index is 600. The van der Waals surface area contributed by atoms with E-state index in [4.69, 9.17) is 11.5 Å². The first-order valence-electron chi connectivity index (χ1n) is 4.97. The molecule has 86 valence electrons. The summed E-state index contributed by atoms with van der Waals surface area (Å²) in [5.74, 6) is -0.0573. The standard InChI is InChI=1S/C12H11BrN4/c13-11-9(7-16-17-12(14)15)6-5-8-3-1-2-4-10(8)11/h1-7H,(H4,14,15,17). The average molecular weight is 291 g/mol. The van der Waals surface area contributed by atoms with Crippen molar-refractivity contribution in [1.82, 2.24) is 0 Å². The van der Waals surface area contributed by atoms with Crippen LogP contribution in [0.15, 0.2) is 51.1 Å². The molecule has 2 aromatic rings. The molecule has 0 atom stereocenters. The van der Waals surface area contributed by atoms with Crippen LogP contribution in [-0.2, 0) is 0 Å². The van der Waals surface area contributed by atoms with Crippen LogP contribution in [0.25, 0.3) is 10.8 Å². The van der Waals surface area contributed by atoms with Crippen molar-refractivity contribution < 1.29 is 0 Å². The number of nitrogens with two attached hydrogens (primary N) is 2. The summed E-state index contributed by atoms with van der Waals surface area (Å²) in [6.07, 6.45) is 1.61. The Hall–Kier alpha value is -1.88. The molecule has 0 aliphatic rings. The lowest BCUT2D eigenvalue weighted by atomic mass is 10.1. The fourth-order valence-corrected chi connectivity index (χ4v) is 2.10. The third kappa shape index (κ3) is 2.62. The molecule has 4 nitrogen and oxygen atoms in total. The molecular formula is C12H11BrN4. The minimum atomic E-state index is -0.0573. The van der Waals surface area contributed by atoms with E-state index in [0.29, 0.717) is 0 Å². The van der Waals surface area contributed by atoms with Gasteiger partial charge in [-0.05, 0) is 26.7 Å². The number of fused-ring (bicyclic) bond motifs is 1. The lowest BCUT2D eigenvalue weighted by Gasteiger charge is -2.03. The normalized spacial score (nSPS) is 10.9. The van der Waals surface area contributed by atoms with E-state index in [2.05, 4.69) is 32.2 Å². The monoisotopic (exact) mass is 290 g/mol. The summed E-state index contributed by atoms with van der Waals surface area (Å²) >= 11 is 3.55. The molecule has 0 saturated carbocycles. The highest BCUT2D eigenvalue weighted by molar-refractivity contribution is 9.10. The first kappa shape index (κ1) is 11.6. The summed E-state index contributed by atoms with van der Waals surface area (Å²) in [4.78, 5) is 0. The molecule has 17 heavy (non-hydrogen) atoms. The Morgan fingerprint density at radius 2 is 1.88 bits per heavy atom. The molecule has 0 aliphatic carbocycles. The maximum Gasteiger partial charge on any atom is 0.211 e. The number of benzene rings is 2. The van der Waals surface area contributed by atoms with Crippen LogP contribution in [0.1, 0.15) is 5.56 Å². The molecular weight excluding hydrogens is 280 g/mol. The van der Waals surface area contributed by atoms with Gasteiger partial charge in [-0.2, -0.15) is 5.10 Å². The molecule has 0 heterocycles. The molecule has 4 N–H and O–H groups in total. The van der Waals surface area contributed by atoms with Crippen LogP contribution in [0.2, 0.25) is 0 Å². The van der Waals surface area contributed by atoms with Crippen molar-refractivity contribution >= 4 is 38.9 Å². The van der Waals surface area contributed by atoms with E-state index in [1.807, 2.05) is 30.3 Å². The molecule has 0 radical (unpaired) electrons. The predicted molar refractivity (Wildman–Crippen MR) is 75.1 cm³/mol. The Morgan fingerprint density at radius 1 is 1.12 bits per heavy atom. The highest BCUT2D eigenvalue weighted by Crippen LogP contribution is 2.26. The fraction of sp³-hybridized carbons (Fsp3) is 0. The maximum absolute atomic E-state index is 5.19. The van der Waals surface area contributed by atoms with Crippen molar-refractivity contribution in [3.05, 3.63) is 46.4 Å². The van der Waals surface area contributed by atoms with E-state index in [1.165, 1.54) is 5.39 Å². The van der Waals surface area contributed by atoms with Crippen LogP contribution in [0, 0.1) is 0 Å². The summed E-state index contributed by atoms with van der Waals surface area (Å²) in [5, 5.41) is 9.64. The van der Waals surface area contributed by atoms with Crippen molar-refractivity contribution in [2.24, 2.45) is 21.7 Å². The summed E-state index contributed by atoms with van der Waals surface area (Å²) in [5.41, 5.74) is 11.3. The van der Waals surface area contributed by atoms with Gasteiger partial charge in [0.05, 0.1) is 6.21 Å². The van der Waals surface area contributed by atoms with Crippen molar-refractivity contribution in [1.29, 1.82) is 0 Å². The zero-order valence-corrected chi connectivity index (χ0v) is 10.6. The molecule has 0 unspecified atom stereocenters. The van der Waals surface area contributed by atoms with Gasteiger partial charge >= 0.3 is 0 Å². The van der Waals surface area contributed by atoms with Gasteiger partial charge < -0.3 is 11.5 Å². The average Bonchev–Trinajstić information content (AvgIpc) is 2.32. The molecule has 2 aromatic carbocycles. The van der Waals surface area contributed by atoms with Crippen LogP contribution in [0.5, 0.6) is 0 Å². The van der Waals surface area contributed by atoms with Gasteiger partial charge in [0.25, 0.3) is 0 Å². The molecule has 0 fully saturated rings. The Balaban J connectivity index is 2.46. The highest BCUT2D eigenvalue weighted by atomic mass is 79.9. The van der Waals surface area contributed by atoms with E-state index in [-0.39, 0.29) is 5.96 Å². The number of nitrogens with zero attached hydrogens (tertiary/aromatic N) is 2. The molecule has 0 bridgehead atoms. The third-order valence-electron chi connectivity index (χ3n) is 2.26. The smallest absolute Gasteiger partial charge is 0.211 e. The van der Waals surface area contributed by atoms with Gasteiger partial charge in [0.1, 0.15) is 0 Å². The van der Waals surface area contributed by atoms with Gasteiger partial charge in [0.2, 0.25) is 5.96 Å². The zero-order chi connectivity index (χ0) is 12.3. The molecule has 5 heteroatoms. The van der Waals surface area contributed by atoms with Crippen molar-refractivity contribution in [2.45, 2.75) is 0 Å². The van der Waals surface area contributed by atoms with Gasteiger partial charge in [-0.15, -0.1) is 5.10 Å². The maximum atomic E-state index is 5.19. The number of guanidine groups is 1. The van der Waals surface area contributed by atoms with Crippen LogP contribution >= 0.6 is 15.9 Å². The van der Waals surface area contributed by atoms with Crippen LogP contribution in [-0.4, -0.2) is 12.2 Å². The predicted octanol–water partition coefficient (Wildman–Crippen LogP) is 2.21. The highest BCUT2D eigenvalue weighted by Gasteiger charge is 2.02. The Morgan fingerprint density at radius 3 is 2.65 bits per heavy atom. The van der Waals surface area contributed by atoms with Crippen molar-refractivity contribution in [3.63, 3.8) is 0 Å². The Kier molecular flexibility index (Phi) is 3.39. The Labute approximate surface area is 107 Å². The van der Waals surface area contributed by atoms with Gasteiger partial charge in [0, 0.05) is 10.0 Å². The number of halogens is 1. The van der Waals surface area contributed by atoms with Crippen molar-refractivity contribution in [2.75, 3.05) is 0 Å². The van der Waals surface area contributed by atoms with Crippen LogP contribution in [0.3, 0.4) is 0 Å². The molecule has 0 saturated heterocycles. The minimum absolute atomic E-state index is 0.0573. The second kappa shape index (κ2) is 4.97. The third-order valence-corrected chi connectivity index (χ3v) is 3.15. The van der Waals surface area contributed by atoms with E-state index in [9.17, 15) is 0 Å². The topological polar surface area (TPSA) is 76.8 Å². The van der Waals surface area contributed by atoms with Crippen molar-refractivity contribution in [3.8, 4) is 0 Å². The summed E-state index contributed by atoms with van der Waals surface area (Å²) in [6.45, 7) is 0. The van der Waals surface area contributed by atoms with Gasteiger partial charge in [-0.1, -0.05) is 36.4 Å². The fourth-order valence-electron chi connectivity index (χ4n) is 1.51. The molecule has 0 aromatic heterocycles. The molecule has 2 rings (SSSR count). The minimum Gasteiger partial charge on any atom is -0.369 e.